The second-order valence-corrected chi connectivity index (χ2v) is 5.16. The molecule has 0 aromatic heterocycles. The molecule has 3 amide bonds. The van der Waals surface area contributed by atoms with Crippen molar-refractivity contribution in [3.8, 4) is 0 Å². The molecule has 4 nitrogen and oxygen atoms in total. The summed E-state index contributed by atoms with van der Waals surface area (Å²) < 4.78 is 0. The molecule has 1 saturated heterocycles. The number of benzene rings is 1. The first-order valence-electron chi connectivity index (χ1n) is 5.10. The Morgan fingerprint density at radius 2 is 1.61 bits per heavy atom. The summed E-state index contributed by atoms with van der Waals surface area (Å²) in [5.41, 5.74) is 0.320. The van der Waals surface area contributed by atoms with Crippen molar-refractivity contribution in [2.24, 2.45) is 0 Å². The Kier molecular flexibility index (Phi) is 3.45. The topological polar surface area (TPSA) is 40.6 Å². The van der Waals surface area contributed by atoms with E-state index in [4.69, 9.17) is 34.8 Å². The van der Waals surface area contributed by atoms with E-state index in [1.807, 2.05) is 0 Å². The number of carbonyl (C=O) groups is 2. The Balaban J connectivity index is 2.50. The lowest BCUT2D eigenvalue weighted by atomic mass is 10.2. The first kappa shape index (κ1) is 13.5. The van der Waals surface area contributed by atoms with Crippen molar-refractivity contribution in [3.05, 3.63) is 27.2 Å². The van der Waals surface area contributed by atoms with Crippen LogP contribution < -0.4 is 4.90 Å². The molecular formula is C11H9Cl3N2O2. The lowest BCUT2D eigenvalue weighted by molar-refractivity contribution is -0.119. The number of rotatable bonds is 1. The van der Waals surface area contributed by atoms with Crippen LogP contribution in [0.4, 0.5) is 10.5 Å². The zero-order valence-electron chi connectivity index (χ0n) is 9.58. The monoisotopic (exact) mass is 306 g/mol. The zero-order valence-corrected chi connectivity index (χ0v) is 11.8. The third-order valence-electron chi connectivity index (χ3n) is 2.88. The molecule has 1 fully saturated rings. The van der Waals surface area contributed by atoms with Crippen molar-refractivity contribution in [2.45, 2.75) is 13.0 Å². The van der Waals surface area contributed by atoms with Crippen molar-refractivity contribution in [2.75, 3.05) is 11.9 Å². The maximum atomic E-state index is 12.0. The zero-order chi connectivity index (χ0) is 13.6. The quantitative estimate of drug-likeness (QED) is 0.589. The lowest BCUT2D eigenvalue weighted by Gasteiger charge is -2.15. The molecule has 96 valence electrons. The van der Waals surface area contributed by atoms with Crippen LogP contribution in [-0.2, 0) is 4.79 Å². The summed E-state index contributed by atoms with van der Waals surface area (Å²) in [4.78, 5) is 26.3. The Morgan fingerprint density at radius 3 is 2.00 bits per heavy atom. The van der Waals surface area contributed by atoms with Gasteiger partial charge in [-0.25, -0.2) is 9.69 Å². The van der Waals surface area contributed by atoms with Gasteiger partial charge in [-0.15, -0.1) is 0 Å². The average molecular weight is 308 g/mol. The number of amides is 3. The molecule has 1 atom stereocenters. The SMILES string of the molecule is CC1C(=O)N(c2cc(Cl)c(Cl)c(Cl)c2)C(=O)N1C. The molecule has 1 aliphatic heterocycles. The van der Waals surface area contributed by atoms with E-state index in [-0.39, 0.29) is 21.0 Å². The molecule has 18 heavy (non-hydrogen) atoms. The van der Waals surface area contributed by atoms with Gasteiger partial charge in [0.15, 0.2) is 0 Å². The van der Waals surface area contributed by atoms with Crippen LogP contribution in [0.25, 0.3) is 0 Å². The van der Waals surface area contributed by atoms with Gasteiger partial charge in [0.1, 0.15) is 6.04 Å². The van der Waals surface area contributed by atoms with Crippen LogP contribution in [0.15, 0.2) is 12.1 Å². The minimum absolute atomic E-state index is 0.196. The summed E-state index contributed by atoms with van der Waals surface area (Å²) >= 11 is 17.6. The normalized spacial score (nSPS) is 19.9. The third-order valence-corrected chi connectivity index (χ3v) is 4.08. The van der Waals surface area contributed by atoms with Crippen molar-refractivity contribution >= 4 is 52.4 Å². The van der Waals surface area contributed by atoms with Gasteiger partial charge in [0, 0.05) is 7.05 Å². The first-order valence-corrected chi connectivity index (χ1v) is 6.23. The maximum absolute atomic E-state index is 12.0. The highest BCUT2D eigenvalue weighted by molar-refractivity contribution is 6.48. The van der Waals surface area contributed by atoms with Gasteiger partial charge in [0.05, 0.1) is 20.8 Å². The molecule has 2 rings (SSSR count). The van der Waals surface area contributed by atoms with Gasteiger partial charge in [0.25, 0.3) is 5.91 Å². The van der Waals surface area contributed by atoms with E-state index < -0.39 is 12.1 Å². The summed E-state index contributed by atoms with van der Waals surface area (Å²) in [6.07, 6.45) is 0. The van der Waals surface area contributed by atoms with E-state index in [0.29, 0.717) is 5.69 Å². The molecule has 0 saturated carbocycles. The molecule has 7 heteroatoms. The second kappa shape index (κ2) is 4.61. The largest absolute Gasteiger partial charge is 0.331 e. The Hall–Kier alpha value is -0.970. The number of hydrogen-bond acceptors (Lipinski definition) is 2. The average Bonchev–Trinajstić information content (AvgIpc) is 2.50. The van der Waals surface area contributed by atoms with Gasteiger partial charge < -0.3 is 4.90 Å². The molecule has 0 radical (unpaired) electrons. The molecule has 0 aliphatic carbocycles. The van der Waals surface area contributed by atoms with Crippen molar-refractivity contribution in [1.29, 1.82) is 0 Å². The standard InChI is InChI=1S/C11H9Cl3N2O2/c1-5-10(17)16(11(18)15(5)2)6-3-7(12)9(14)8(13)4-6/h3-5H,1-2H3. The number of halogens is 3. The van der Waals surface area contributed by atoms with E-state index in [1.54, 1.807) is 14.0 Å². The molecule has 1 aromatic rings. The summed E-state index contributed by atoms with van der Waals surface area (Å²) in [6.45, 7) is 1.65. The van der Waals surface area contributed by atoms with Gasteiger partial charge in [0.2, 0.25) is 0 Å². The predicted octanol–water partition coefficient (Wildman–Crippen LogP) is 3.43. The van der Waals surface area contributed by atoms with E-state index >= 15 is 0 Å². The van der Waals surface area contributed by atoms with Gasteiger partial charge >= 0.3 is 6.03 Å². The van der Waals surface area contributed by atoms with Crippen LogP contribution in [0, 0.1) is 0 Å². The van der Waals surface area contributed by atoms with Crippen LogP contribution in [0.1, 0.15) is 6.92 Å². The van der Waals surface area contributed by atoms with Crippen LogP contribution in [0.2, 0.25) is 15.1 Å². The van der Waals surface area contributed by atoms with Crippen molar-refractivity contribution in [1.82, 2.24) is 4.90 Å². The van der Waals surface area contributed by atoms with Gasteiger partial charge in [-0.05, 0) is 19.1 Å². The van der Waals surface area contributed by atoms with Crippen LogP contribution in [0.5, 0.6) is 0 Å². The van der Waals surface area contributed by atoms with Crippen LogP contribution in [-0.4, -0.2) is 29.9 Å². The molecule has 0 bridgehead atoms. The smallest absolute Gasteiger partial charge is 0.315 e. The molecule has 1 aromatic carbocycles. The Morgan fingerprint density at radius 1 is 1.11 bits per heavy atom. The second-order valence-electron chi connectivity index (χ2n) is 3.97. The molecule has 0 N–H and O–H groups in total. The number of urea groups is 1. The molecule has 0 spiro atoms. The fraction of sp³-hybridized carbons (Fsp3) is 0.273. The highest BCUT2D eigenvalue weighted by atomic mass is 35.5. The highest BCUT2D eigenvalue weighted by Crippen LogP contribution is 2.36. The highest BCUT2D eigenvalue weighted by Gasteiger charge is 2.41. The maximum Gasteiger partial charge on any atom is 0.331 e. The fourth-order valence-corrected chi connectivity index (χ4v) is 2.26. The summed E-state index contributed by atoms with van der Waals surface area (Å²) in [5, 5.41) is 0.589. The number of carbonyl (C=O) groups excluding carboxylic acids is 2. The van der Waals surface area contributed by atoms with Gasteiger partial charge in [-0.2, -0.15) is 0 Å². The van der Waals surface area contributed by atoms with Crippen LogP contribution >= 0.6 is 34.8 Å². The van der Waals surface area contributed by atoms with E-state index in [0.717, 1.165) is 4.90 Å². The van der Waals surface area contributed by atoms with Gasteiger partial charge in [-0.1, -0.05) is 34.8 Å². The van der Waals surface area contributed by atoms with E-state index in [2.05, 4.69) is 0 Å². The predicted molar refractivity (Wildman–Crippen MR) is 71.6 cm³/mol. The minimum Gasteiger partial charge on any atom is -0.315 e. The third kappa shape index (κ3) is 1.94. The fourth-order valence-electron chi connectivity index (χ4n) is 1.68. The molecule has 1 unspecified atom stereocenters. The lowest BCUT2D eigenvalue weighted by Crippen LogP contribution is -2.31. The number of nitrogens with zero attached hydrogens (tertiary/aromatic N) is 2. The summed E-state index contributed by atoms with van der Waals surface area (Å²) in [7, 11) is 1.56. The molecular weight excluding hydrogens is 298 g/mol. The molecule has 1 heterocycles. The Bertz CT molecular complexity index is 504. The summed E-state index contributed by atoms with van der Waals surface area (Å²) in [5.74, 6) is -0.322. The number of anilines is 1. The molecule has 1 aliphatic rings. The summed E-state index contributed by atoms with van der Waals surface area (Å²) in [6, 6.07) is 1.96. The van der Waals surface area contributed by atoms with Crippen molar-refractivity contribution < 1.29 is 9.59 Å². The van der Waals surface area contributed by atoms with Crippen molar-refractivity contribution in [3.63, 3.8) is 0 Å². The first-order chi connectivity index (χ1) is 8.34. The van der Waals surface area contributed by atoms with E-state index in [9.17, 15) is 9.59 Å². The Labute approximate surface area is 119 Å². The number of hydrogen-bond donors (Lipinski definition) is 0. The van der Waals surface area contributed by atoms with Gasteiger partial charge in [-0.3, -0.25) is 4.79 Å². The van der Waals surface area contributed by atoms with E-state index in [1.165, 1.54) is 17.0 Å². The number of imide groups is 1. The minimum atomic E-state index is -0.509. The number of likely N-dealkylation sites (N-methyl/N-ethyl adjacent to an activating group) is 1. The van der Waals surface area contributed by atoms with Crippen LogP contribution in [0.3, 0.4) is 0 Å².